The molecule has 0 bridgehead atoms. The van der Waals surface area contributed by atoms with Crippen molar-refractivity contribution in [2.75, 3.05) is 16.8 Å². The Morgan fingerprint density at radius 2 is 1.94 bits per heavy atom. The topological polar surface area (TPSA) is 88.3 Å². The zero-order valence-corrected chi connectivity index (χ0v) is 16.3. The number of rotatable bonds is 4. The molecule has 160 valence electrons. The Balaban J connectivity index is 1.43. The number of aryl methyl sites for hydroxylation is 1. The van der Waals surface area contributed by atoms with E-state index in [4.69, 9.17) is 4.52 Å². The van der Waals surface area contributed by atoms with Crippen molar-refractivity contribution in [1.29, 1.82) is 0 Å². The second kappa shape index (κ2) is 7.86. The smallest absolute Gasteiger partial charge is 0.334 e. The second-order valence-corrected chi connectivity index (χ2v) is 7.17. The lowest BCUT2D eigenvalue weighted by molar-refractivity contribution is -0.137. The van der Waals surface area contributed by atoms with Crippen LogP contribution in [-0.2, 0) is 15.8 Å². The van der Waals surface area contributed by atoms with Crippen LogP contribution in [0, 0.1) is 12.8 Å². The fourth-order valence-corrected chi connectivity index (χ4v) is 3.34. The molecule has 2 heterocycles. The highest BCUT2D eigenvalue weighted by atomic mass is 19.4. The lowest BCUT2D eigenvalue weighted by atomic mass is 10.1. The molecule has 4 rings (SSSR count). The summed E-state index contributed by atoms with van der Waals surface area (Å²) in [5.41, 5.74) is 0.469. The predicted molar refractivity (Wildman–Crippen MR) is 105 cm³/mol. The maximum atomic E-state index is 13.0. The molecule has 2 aromatic carbocycles. The Morgan fingerprint density at radius 1 is 1.19 bits per heavy atom. The Kier molecular flexibility index (Phi) is 5.22. The van der Waals surface area contributed by atoms with E-state index in [0.29, 0.717) is 23.0 Å². The van der Waals surface area contributed by atoms with Gasteiger partial charge in [-0.1, -0.05) is 11.2 Å². The first-order chi connectivity index (χ1) is 14.7. The van der Waals surface area contributed by atoms with Gasteiger partial charge in [-0.3, -0.25) is 9.59 Å². The molecule has 1 aliphatic rings. The first-order valence-electron chi connectivity index (χ1n) is 9.40. The van der Waals surface area contributed by atoms with Gasteiger partial charge in [0.15, 0.2) is 5.82 Å². The summed E-state index contributed by atoms with van der Waals surface area (Å²) in [4.78, 5) is 30.3. The van der Waals surface area contributed by atoms with E-state index < -0.39 is 23.6 Å². The van der Waals surface area contributed by atoms with Crippen LogP contribution in [0.3, 0.4) is 0 Å². The highest BCUT2D eigenvalue weighted by molar-refractivity contribution is 6.03. The standard InChI is InChI=1S/C21H17F3N4O3/c1-12-25-20(31-27-12)13-5-7-16(8-6-13)26-19(30)14-9-18(29)28(11-14)17-4-2-3-15(10-17)21(22,23)24/h2-8,10,14H,9,11H2,1H3,(H,26,30). The average Bonchev–Trinajstić information content (AvgIpc) is 3.34. The van der Waals surface area contributed by atoms with Gasteiger partial charge in [0.05, 0.1) is 11.5 Å². The van der Waals surface area contributed by atoms with E-state index in [1.807, 2.05) is 0 Å². The minimum atomic E-state index is -4.51. The largest absolute Gasteiger partial charge is 0.416 e. The van der Waals surface area contributed by atoms with Gasteiger partial charge in [0.2, 0.25) is 11.8 Å². The average molecular weight is 430 g/mol. The molecular weight excluding hydrogens is 413 g/mol. The lowest BCUT2D eigenvalue weighted by Gasteiger charge is -2.18. The maximum Gasteiger partial charge on any atom is 0.416 e. The van der Waals surface area contributed by atoms with E-state index in [0.717, 1.165) is 12.1 Å². The minimum absolute atomic E-state index is 0.00528. The third kappa shape index (κ3) is 4.42. The van der Waals surface area contributed by atoms with E-state index in [-0.39, 0.29) is 24.6 Å². The van der Waals surface area contributed by atoms with Crippen molar-refractivity contribution in [3.8, 4) is 11.5 Å². The van der Waals surface area contributed by atoms with Crippen LogP contribution in [0.5, 0.6) is 0 Å². The van der Waals surface area contributed by atoms with Gasteiger partial charge in [-0.15, -0.1) is 0 Å². The normalized spacial score (nSPS) is 16.6. The van der Waals surface area contributed by atoms with E-state index in [1.54, 1.807) is 31.2 Å². The summed E-state index contributed by atoms with van der Waals surface area (Å²) in [7, 11) is 0. The fraction of sp³-hybridized carbons (Fsp3) is 0.238. The summed E-state index contributed by atoms with van der Waals surface area (Å²) in [6, 6.07) is 11.2. The molecule has 1 atom stereocenters. The summed E-state index contributed by atoms with van der Waals surface area (Å²) >= 11 is 0. The van der Waals surface area contributed by atoms with Crippen LogP contribution in [0.2, 0.25) is 0 Å². The van der Waals surface area contributed by atoms with Crippen molar-refractivity contribution >= 4 is 23.2 Å². The predicted octanol–water partition coefficient (Wildman–Crippen LogP) is 4.06. The van der Waals surface area contributed by atoms with E-state index in [2.05, 4.69) is 15.5 Å². The Bertz CT molecular complexity index is 1130. The number of nitrogens with one attached hydrogen (secondary N) is 1. The third-order valence-electron chi connectivity index (χ3n) is 4.91. The van der Waals surface area contributed by atoms with Crippen LogP contribution in [0.25, 0.3) is 11.5 Å². The highest BCUT2D eigenvalue weighted by Gasteiger charge is 2.37. The van der Waals surface area contributed by atoms with Gasteiger partial charge >= 0.3 is 6.18 Å². The molecule has 1 aliphatic heterocycles. The van der Waals surface area contributed by atoms with Gasteiger partial charge in [-0.2, -0.15) is 18.2 Å². The molecule has 1 unspecified atom stereocenters. The number of carbonyl (C=O) groups is 2. The van der Waals surface area contributed by atoms with Crippen LogP contribution < -0.4 is 10.2 Å². The number of aromatic nitrogens is 2. The second-order valence-electron chi connectivity index (χ2n) is 7.17. The first kappa shape index (κ1) is 20.6. The van der Waals surface area contributed by atoms with Crippen LogP contribution >= 0.6 is 0 Å². The summed E-state index contributed by atoms with van der Waals surface area (Å²) in [5, 5.41) is 6.45. The molecule has 10 heteroatoms. The quantitative estimate of drug-likeness (QED) is 0.675. The maximum absolute atomic E-state index is 13.0. The summed E-state index contributed by atoms with van der Waals surface area (Å²) in [5.74, 6) is -0.608. The van der Waals surface area contributed by atoms with Gasteiger partial charge in [-0.05, 0) is 49.4 Å². The van der Waals surface area contributed by atoms with Crippen molar-refractivity contribution in [3.63, 3.8) is 0 Å². The summed E-state index contributed by atoms with van der Waals surface area (Å²) < 4.78 is 44.0. The Morgan fingerprint density at radius 3 is 2.58 bits per heavy atom. The SMILES string of the molecule is Cc1noc(-c2ccc(NC(=O)C3CC(=O)N(c4cccc(C(F)(F)F)c4)C3)cc2)n1. The first-order valence-corrected chi connectivity index (χ1v) is 9.40. The molecule has 1 saturated heterocycles. The molecule has 0 aliphatic carbocycles. The molecule has 0 saturated carbocycles. The van der Waals surface area contributed by atoms with Crippen molar-refractivity contribution in [2.24, 2.45) is 5.92 Å². The zero-order chi connectivity index (χ0) is 22.2. The highest BCUT2D eigenvalue weighted by Crippen LogP contribution is 2.33. The number of alkyl halides is 3. The molecule has 7 nitrogen and oxygen atoms in total. The van der Waals surface area contributed by atoms with Crippen molar-refractivity contribution in [1.82, 2.24) is 10.1 Å². The van der Waals surface area contributed by atoms with E-state index >= 15 is 0 Å². The molecule has 0 radical (unpaired) electrons. The van der Waals surface area contributed by atoms with Crippen molar-refractivity contribution in [2.45, 2.75) is 19.5 Å². The van der Waals surface area contributed by atoms with Crippen molar-refractivity contribution < 1.29 is 27.3 Å². The van der Waals surface area contributed by atoms with Gasteiger partial charge < -0.3 is 14.7 Å². The Hall–Kier alpha value is -3.69. The number of amides is 2. The summed E-state index contributed by atoms with van der Waals surface area (Å²) in [6.07, 6.45) is -4.59. The number of carbonyl (C=O) groups excluding carboxylic acids is 2. The van der Waals surface area contributed by atoms with Gasteiger partial charge in [0.25, 0.3) is 5.89 Å². The molecule has 3 aromatic rings. The van der Waals surface area contributed by atoms with Crippen LogP contribution in [0.15, 0.2) is 53.1 Å². The summed E-state index contributed by atoms with van der Waals surface area (Å²) in [6.45, 7) is 1.71. The molecule has 31 heavy (non-hydrogen) atoms. The number of benzene rings is 2. The zero-order valence-electron chi connectivity index (χ0n) is 16.3. The van der Waals surface area contributed by atoms with Crippen LogP contribution in [0.4, 0.5) is 24.5 Å². The number of hydrogen-bond donors (Lipinski definition) is 1. The molecular formula is C21H17F3N4O3. The number of anilines is 2. The molecule has 1 aromatic heterocycles. The Labute approximate surface area is 174 Å². The van der Waals surface area contributed by atoms with Crippen LogP contribution in [0.1, 0.15) is 17.8 Å². The molecule has 1 N–H and O–H groups in total. The molecule has 1 fully saturated rings. The minimum Gasteiger partial charge on any atom is -0.334 e. The van der Waals surface area contributed by atoms with Gasteiger partial charge in [-0.25, -0.2) is 0 Å². The number of halogens is 3. The number of hydrogen-bond acceptors (Lipinski definition) is 5. The molecule has 0 spiro atoms. The van der Waals surface area contributed by atoms with E-state index in [1.165, 1.54) is 17.0 Å². The monoisotopic (exact) mass is 430 g/mol. The van der Waals surface area contributed by atoms with Gasteiger partial charge in [0, 0.05) is 29.9 Å². The molecule has 2 amide bonds. The van der Waals surface area contributed by atoms with Crippen molar-refractivity contribution in [3.05, 3.63) is 59.9 Å². The lowest BCUT2D eigenvalue weighted by Crippen LogP contribution is -2.28. The third-order valence-corrected chi connectivity index (χ3v) is 4.91. The number of nitrogens with zero attached hydrogens (tertiary/aromatic N) is 3. The van der Waals surface area contributed by atoms with E-state index in [9.17, 15) is 22.8 Å². The van der Waals surface area contributed by atoms with Crippen LogP contribution in [-0.4, -0.2) is 28.5 Å². The van der Waals surface area contributed by atoms with Gasteiger partial charge in [0.1, 0.15) is 0 Å². The fourth-order valence-electron chi connectivity index (χ4n) is 3.34.